The van der Waals surface area contributed by atoms with Crippen LogP contribution < -0.4 is 14.5 Å². The van der Waals surface area contributed by atoms with E-state index < -0.39 is 11.9 Å². The molecule has 0 aromatic heterocycles. The molecule has 2 fully saturated rings. The molecule has 7 nitrogen and oxygen atoms in total. The number of nitrogens with zero attached hydrogens (tertiary/aromatic N) is 2. The van der Waals surface area contributed by atoms with Crippen LogP contribution >= 0.6 is 0 Å². The molecular formula is C28H28N2O5. The van der Waals surface area contributed by atoms with Crippen molar-refractivity contribution in [3.8, 4) is 5.75 Å². The number of fused-ring (bicyclic) bond motifs is 1. The van der Waals surface area contributed by atoms with Crippen molar-refractivity contribution >= 4 is 35.1 Å². The van der Waals surface area contributed by atoms with E-state index in [2.05, 4.69) is 0 Å². The first-order chi connectivity index (χ1) is 16.7. The first-order valence-electron chi connectivity index (χ1n) is 12.0. The third-order valence-corrected chi connectivity index (χ3v) is 7.16. The largest absolute Gasteiger partial charge is 0.426 e. The molecule has 1 aliphatic carbocycles. The SMILES string of the molecule is Cc1cc(C)cc(N2C[C@H](C(=O)Oc3ccc(N4C(=O)[C@H]5[C@@H](C)C=CC[C@H]5C4=O)cc3)CC2=O)c1. The Bertz CT molecular complexity index is 1230. The number of allylic oxidation sites excluding steroid dienone is 2. The van der Waals surface area contributed by atoms with Crippen molar-refractivity contribution in [1.29, 1.82) is 0 Å². The molecule has 2 aliphatic heterocycles. The van der Waals surface area contributed by atoms with Crippen LogP contribution in [0.25, 0.3) is 0 Å². The molecular weight excluding hydrogens is 444 g/mol. The van der Waals surface area contributed by atoms with Gasteiger partial charge < -0.3 is 9.64 Å². The van der Waals surface area contributed by atoms with Crippen molar-refractivity contribution in [1.82, 2.24) is 0 Å². The van der Waals surface area contributed by atoms with Crippen molar-refractivity contribution in [3.63, 3.8) is 0 Å². The molecule has 2 heterocycles. The van der Waals surface area contributed by atoms with E-state index in [4.69, 9.17) is 4.74 Å². The molecule has 0 spiro atoms. The number of amides is 3. The number of carbonyl (C=O) groups excluding carboxylic acids is 4. The van der Waals surface area contributed by atoms with Gasteiger partial charge in [0.2, 0.25) is 17.7 Å². The molecule has 0 radical (unpaired) electrons. The summed E-state index contributed by atoms with van der Waals surface area (Å²) in [6, 6.07) is 12.3. The van der Waals surface area contributed by atoms with Crippen LogP contribution in [0, 0.1) is 37.5 Å². The first-order valence-corrected chi connectivity index (χ1v) is 12.0. The van der Waals surface area contributed by atoms with Crippen molar-refractivity contribution < 1.29 is 23.9 Å². The Labute approximate surface area is 204 Å². The topological polar surface area (TPSA) is 84.0 Å². The summed E-state index contributed by atoms with van der Waals surface area (Å²) in [5.74, 6) is -1.84. The molecule has 35 heavy (non-hydrogen) atoms. The molecule has 0 N–H and O–H groups in total. The molecule has 3 amide bonds. The van der Waals surface area contributed by atoms with Crippen molar-refractivity contribution in [2.45, 2.75) is 33.6 Å². The zero-order valence-electron chi connectivity index (χ0n) is 20.1. The molecule has 7 heteroatoms. The highest BCUT2D eigenvalue weighted by Gasteiger charge is 2.50. The third kappa shape index (κ3) is 4.16. The number of ether oxygens (including phenoxy) is 1. The van der Waals surface area contributed by atoms with E-state index >= 15 is 0 Å². The smallest absolute Gasteiger partial charge is 0.316 e. The zero-order chi connectivity index (χ0) is 24.9. The van der Waals surface area contributed by atoms with E-state index in [1.54, 1.807) is 29.2 Å². The lowest BCUT2D eigenvalue weighted by molar-refractivity contribution is -0.139. The van der Waals surface area contributed by atoms with E-state index in [1.165, 1.54) is 4.90 Å². The predicted octanol–water partition coefficient (Wildman–Crippen LogP) is 3.96. The van der Waals surface area contributed by atoms with Gasteiger partial charge in [-0.2, -0.15) is 0 Å². The van der Waals surface area contributed by atoms with Gasteiger partial charge in [0.05, 0.1) is 23.4 Å². The van der Waals surface area contributed by atoms with Gasteiger partial charge in [0, 0.05) is 18.7 Å². The summed E-state index contributed by atoms with van der Waals surface area (Å²) in [7, 11) is 0. The normalized spacial score (nSPS) is 25.9. The summed E-state index contributed by atoms with van der Waals surface area (Å²) < 4.78 is 5.55. The van der Waals surface area contributed by atoms with Gasteiger partial charge in [0.25, 0.3) is 0 Å². The van der Waals surface area contributed by atoms with Gasteiger partial charge in [-0.1, -0.05) is 25.1 Å². The number of esters is 1. The van der Waals surface area contributed by atoms with Crippen LogP contribution in [0.15, 0.2) is 54.6 Å². The Morgan fingerprint density at radius 2 is 1.63 bits per heavy atom. The highest BCUT2D eigenvalue weighted by atomic mass is 16.5. The highest BCUT2D eigenvalue weighted by Crippen LogP contribution is 2.40. The minimum Gasteiger partial charge on any atom is -0.426 e. The van der Waals surface area contributed by atoms with Crippen LogP contribution in [0.1, 0.15) is 30.9 Å². The van der Waals surface area contributed by atoms with Gasteiger partial charge >= 0.3 is 5.97 Å². The average molecular weight is 473 g/mol. The quantitative estimate of drug-likeness (QED) is 0.291. The maximum atomic E-state index is 13.0. The second kappa shape index (κ2) is 8.80. The predicted molar refractivity (Wildman–Crippen MR) is 131 cm³/mol. The summed E-state index contributed by atoms with van der Waals surface area (Å²) >= 11 is 0. The van der Waals surface area contributed by atoms with Gasteiger partial charge in [-0.3, -0.25) is 24.1 Å². The monoisotopic (exact) mass is 472 g/mol. The average Bonchev–Trinajstić information content (AvgIpc) is 3.32. The fourth-order valence-corrected chi connectivity index (χ4v) is 5.49. The van der Waals surface area contributed by atoms with Gasteiger partial charge in [0.15, 0.2) is 0 Å². The van der Waals surface area contributed by atoms with Crippen LogP contribution in [0.5, 0.6) is 5.75 Å². The number of hydrogen-bond donors (Lipinski definition) is 0. The van der Waals surface area contributed by atoms with E-state index in [9.17, 15) is 19.2 Å². The van der Waals surface area contributed by atoms with Crippen LogP contribution in [0.3, 0.4) is 0 Å². The minimum atomic E-state index is -0.568. The summed E-state index contributed by atoms with van der Waals surface area (Å²) in [5, 5.41) is 0. The van der Waals surface area contributed by atoms with Crippen LogP contribution in [-0.4, -0.2) is 30.2 Å². The maximum Gasteiger partial charge on any atom is 0.316 e. The van der Waals surface area contributed by atoms with Crippen molar-refractivity contribution in [3.05, 3.63) is 65.7 Å². The number of rotatable bonds is 4. The van der Waals surface area contributed by atoms with Crippen LogP contribution in [0.2, 0.25) is 0 Å². The lowest BCUT2D eigenvalue weighted by Crippen LogP contribution is -2.31. The Morgan fingerprint density at radius 1 is 0.943 bits per heavy atom. The lowest BCUT2D eigenvalue weighted by Gasteiger charge is -2.22. The molecule has 5 rings (SSSR count). The van der Waals surface area contributed by atoms with Crippen molar-refractivity contribution in [2.75, 3.05) is 16.3 Å². The summed E-state index contributed by atoms with van der Waals surface area (Å²) in [5.41, 5.74) is 3.37. The van der Waals surface area contributed by atoms with E-state index in [0.717, 1.165) is 16.8 Å². The lowest BCUT2D eigenvalue weighted by atomic mass is 9.78. The molecule has 2 aromatic carbocycles. The van der Waals surface area contributed by atoms with E-state index in [1.807, 2.05) is 51.1 Å². The number of aryl methyl sites for hydroxylation is 2. The highest BCUT2D eigenvalue weighted by molar-refractivity contribution is 6.22. The standard InChI is InChI=1S/C28H28N2O5/c1-16-11-17(2)13-21(12-16)29-15-19(14-24(29)31)28(34)35-22-9-7-20(8-10-22)30-26(32)23-6-4-5-18(3)25(23)27(30)33/h4-5,7-13,18-19,23,25H,6,14-15H2,1-3H3/t18-,19+,23+,25-/m0/s1. The van der Waals surface area contributed by atoms with Gasteiger partial charge in [-0.15, -0.1) is 0 Å². The van der Waals surface area contributed by atoms with Crippen LogP contribution in [-0.2, 0) is 19.2 Å². The Hall–Kier alpha value is -3.74. The molecule has 0 saturated carbocycles. The first kappa shape index (κ1) is 23.0. The molecule has 0 bridgehead atoms. The molecule has 2 aromatic rings. The fraction of sp³-hybridized carbons (Fsp3) is 0.357. The fourth-order valence-electron chi connectivity index (χ4n) is 5.49. The summed E-state index contributed by atoms with van der Waals surface area (Å²) in [4.78, 5) is 54.1. The Balaban J connectivity index is 1.25. The van der Waals surface area contributed by atoms with E-state index in [0.29, 0.717) is 17.9 Å². The molecule has 180 valence electrons. The Morgan fingerprint density at radius 3 is 2.29 bits per heavy atom. The number of hydrogen-bond acceptors (Lipinski definition) is 5. The molecule has 4 atom stereocenters. The third-order valence-electron chi connectivity index (χ3n) is 7.16. The van der Waals surface area contributed by atoms with Gasteiger partial charge in [-0.05, 0) is 73.7 Å². The summed E-state index contributed by atoms with van der Waals surface area (Å²) in [6.07, 6.45) is 4.63. The molecule has 0 unspecified atom stereocenters. The second-order valence-electron chi connectivity index (χ2n) is 9.83. The van der Waals surface area contributed by atoms with Gasteiger partial charge in [-0.25, -0.2) is 0 Å². The van der Waals surface area contributed by atoms with E-state index in [-0.39, 0.29) is 48.4 Å². The second-order valence-corrected chi connectivity index (χ2v) is 9.83. The Kier molecular flexibility index (Phi) is 5.79. The number of imide groups is 1. The van der Waals surface area contributed by atoms with Crippen molar-refractivity contribution in [2.24, 2.45) is 23.7 Å². The molecule has 2 saturated heterocycles. The van der Waals surface area contributed by atoms with Crippen LogP contribution in [0.4, 0.5) is 11.4 Å². The molecule has 3 aliphatic rings. The zero-order valence-corrected chi connectivity index (χ0v) is 20.1. The summed E-state index contributed by atoms with van der Waals surface area (Å²) in [6.45, 7) is 6.17. The minimum absolute atomic E-state index is 0.0211. The maximum absolute atomic E-state index is 13.0. The number of benzene rings is 2. The van der Waals surface area contributed by atoms with Gasteiger partial charge in [0.1, 0.15) is 5.75 Å². The number of anilines is 2. The number of carbonyl (C=O) groups is 4.